The molecule has 0 rings (SSSR count). The average molecular weight is 233 g/mol. The molecule has 0 aliphatic rings. The largest absolute Gasteiger partial charge is 0.409 e. The van der Waals surface area contributed by atoms with Gasteiger partial charge in [-0.1, -0.05) is 5.16 Å². The minimum absolute atomic E-state index is 0.0662. The Bertz CT molecular complexity index is 254. The topological polar surface area (TPSA) is 78.9 Å². The van der Waals surface area contributed by atoms with Gasteiger partial charge in [-0.2, -0.15) is 11.8 Å². The molecule has 0 fully saturated rings. The zero-order valence-corrected chi connectivity index (χ0v) is 10.5. The van der Waals surface area contributed by atoms with Crippen molar-refractivity contribution >= 4 is 23.5 Å². The summed E-state index contributed by atoms with van der Waals surface area (Å²) in [4.78, 5) is 13.5. The van der Waals surface area contributed by atoms with Crippen LogP contribution >= 0.6 is 11.8 Å². The van der Waals surface area contributed by atoms with E-state index in [1.807, 2.05) is 6.26 Å². The van der Waals surface area contributed by atoms with Crippen LogP contribution in [0.2, 0.25) is 0 Å². The molecule has 5 nitrogen and oxygen atoms in total. The normalized spacial score (nSPS) is 12.7. The van der Waals surface area contributed by atoms with Crippen LogP contribution in [-0.4, -0.2) is 47.5 Å². The quantitative estimate of drug-likeness (QED) is 0.315. The summed E-state index contributed by atoms with van der Waals surface area (Å²) in [5, 5.41) is 11.5. The van der Waals surface area contributed by atoms with Crippen LogP contribution in [0.4, 0.5) is 0 Å². The van der Waals surface area contributed by atoms with Crippen molar-refractivity contribution in [2.24, 2.45) is 16.3 Å². The minimum atomic E-state index is -0.956. The molecule has 88 valence electrons. The van der Waals surface area contributed by atoms with E-state index in [2.05, 4.69) is 5.16 Å². The molecule has 0 aromatic carbocycles. The number of nitrogens with zero attached hydrogens (tertiary/aromatic N) is 2. The maximum Gasteiger partial charge on any atom is 0.235 e. The fourth-order valence-electron chi connectivity index (χ4n) is 1.04. The van der Waals surface area contributed by atoms with E-state index in [0.29, 0.717) is 6.54 Å². The summed E-state index contributed by atoms with van der Waals surface area (Å²) in [6.07, 6.45) is 1.98. The number of hydrogen-bond donors (Lipinski definition) is 2. The third-order valence-corrected chi connectivity index (χ3v) is 2.85. The highest BCUT2D eigenvalue weighted by molar-refractivity contribution is 7.98. The van der Waals surface area contributed by atoms with Gasteiger partial charge < -0.3 is 15.8 Å². The van der Waals surface area contributed by atoms with Gasteiger partial charge in [0, 0.05) is 19.3 Å². The van der Waals surface area contributed by atoms with E-state index >= 15 is 0 Å². The molecule has 0 spiro atoms. The second-order valence-electron chi connectivity index (χ2n) is 3.83. The van der Waals surface area contributed by atoms with Crippen molar-refractivity contribution in [3.63, 3.8) is 0 Å². The lowest BCUT2D eigenvalue weighted by molar-refractivity contribution is -0.135. The number of thioether (sulfide) groups is 1. The molecule has 0 aliphatic carbocycles. The lowest BCUT2D eigenvalue weighted by Gasteiger charge is -2.27. The van der Waals surface area contributed by atoms with Crippen LogP contribution in [0.5, 0.6) is 0 Å². The molecule has 0 atom stereocenters. The van der Waals surface area contributed by atoms with Crippen LogP contribution in [0.25, 0.3) is 0 Å². The summed E-state index contributed by atoms with van der Waals surface area (Å²) >= 11 is 1.67. The fraction of sp³-hybridized carbons (Fsp3) is 0.778. The van der Waals surface area contributed by atoms with Crippen molar-refractivity contribution in [1.82, 2.24) is 4.90 Å². The summed E-state index contributed by atoms with van der Waals surface area (Å²) in [7, 11) is 1.71. The van der Waals surface area contributed by atoms with E-state index in [4.69, 9.17) is 10.9 Å². The Morgan fingerprint density at radius 1 is 1.60 bits per heavy atom. The summed E-state index contributed by atoms with van der Waals surface area (Å²) in [6, 6.07) is 0. The van der Waals surface area contributed by atoms with Gasteiger partial charge in [-0.05, 0) is 20.1 Å². The third kappa shape index (κ3) is 3.62. The van der Waals surface area contributed by atoms with Crippen LogP contribution in [0.3, 0.4) is 0 Å². The van der Waals surface area contributed by atoms with Crippen LogP contribution in [-0.2, 0) is 4.79 Å². The van der Waals surface area contributed by atoms with Gasteiger partial charge in [0.05, 0.1) is 0 Å². The van der Waals surface area contributed by atoms with Crippen molar-refractivity contribution in [2.45, 2.75) is 13.8 Å². The van der Waals surface area contributed by atoms with Gasteiger partial charge in [-0.15, -0.1) is 0 Å². The zero-order chi connectivity index (χ0) is 12.1. The summed E-state index contributed by atoms with van der Waals surface area (Å²) in [5.41, 5.74) is 4.51. The third-order valence-electron chi connectivity index (χ3n) is 2.26. The minimum Gasteiger partial charge on any atom is -0.409 e. The van der Waals surface area contributed by atoms with E-state index in [1.54, 1.807) is 37.6 Å². The Kier molecular flexibility index (Phi) is 5.49. The monoisotopic (exact) mass is 233 g/mol. The number of nitrogens with two attached hydrogens (primary N) is 1. The van der Waals surface area contributed by atoms with E-state index in [9.17, 15) is 4.79 Å². The highest BCUT2D eigenvalue weighted by Gasteiger charge is 2.34. The molecule has 1 amide bonds. The van der Waals surface area contributed by atoms with Gasteiger partial charge in [0.1, 0.15) is 5.41 Å². The molecule has 0 aromatic heterocycles. The average Bonchev–Trinajstić information content (AvgIpc) is 2.23. The van der Waals surface area contributed by atoms with Crippen molar-refractivity contribution in [3.8, 4) is 0 Å². The Labute approximate surface area is 94.7 Å². The molecular formula is C9H19N3O2S. The van der Waals surface area contributed by atoms with Crippen molar-refractivity contribution < 1.29 is 10.0 Å². The molecule has 0 bridgehead atoms. The molecule has 0 unspecified atom stereocenters. The first-order valence-corrected chi connectivity index (χ1v) is 5.99. The maximum atomic E-state index is 11.9. The maximum absolute atomic E-state index is 11.9. The van der Waals surface area contributed by atoms with Gasteiger partial charge in [-0.25, -0.2) is 0 Å². The highest BCUT2D eigenvalue weighted by atomic mass is 32.2. The Morgan fingerprint density at radius 3 is 2.53 bits per heavy atom. The second-order valence-corrected chi connectivity index (χ2v) is 4.82. The number of amides is 1. The first kappa shape index (κ1) is 14.1. The lowest BCUT2D eigenvalue weighted by Crippen LogP contribution is -2.47. The molecule has 0 heterocycles. The van der Waals surface area contributed by atoms with Gasteiger partial charge in [0.25, 0.3) is 0 Å². The van der Waals surface area contributed by atoms with Crippen molar-refractivity contribution in [2.75, 3.05) is 25.6 Å². The van der Waals surface area contributed by atoms with Crippen molar-refractivity contribution in [1.29, 1.82) is 0 Å². The number of oxime groups is 1. The molecular weight excluding hydrogens is 214 g/mol. The van der Waals surface area contributed by atoms with E-state index in [1.165, 1.54) is 0 Å². The molecule has 15 heavy (non-hydrogen) atoms. The molecule has 0 aromatic rings. The Morgan fingerprint density at radius 2 is 2.13 bits per heavy atom. The number of amidine groups is 1. The van der Waals surface area contributed by atoms with Crippen LogP contribution in [0.15, 0.2) is 5.16 Å². The van der Waals surface area contributed by atoms with Crippen LogP contribution in [0.1, 0.15) is 13.8 Å². The zero-order valence-electron chi connectivity index (χ0n) is 9.65. The summed E-state index contributed by atoms with van der Waals surface area (Å²) in [5.74, 6) is 0.657. The number of rotatable bonds is 5. The highest BCUT2D eigenvalue weighted by Crippen LogP contribution is 2.18. The number of carbonyl (C=O) groups is 1. The van der Waals surface area contributed by atoms with E-state index in [-0.39, 0.29) is 11.7 Å². The molecule has 0 aliphatic heterocycles. The smallest absolute Gasteiger partial charge is 0.235 e. The Balaban J connectivity index is 4.55. The van der Waals surface area contributed by atoms with Crippen LogP contribution < -0.4 is 5.73 Å². The molecule has 0 saturated carbocycles. The van der Waals surface area contributed by atoms with E-state index < -0.39 is 5.41 Å². The molecule has 3 N–H and O–H groups in total. The molecule has 0 radical (unpaired) electrons. The second kappa shape index (κ2) is 5.85. The predicted octanol–water partition coefficient (Wildman–Crippen LogP) is 0.580. The summed E-state index contributed by atoms with van der Waals surface area (Å²) < 4.78 is 0. The van der Waals surface area contributed by atoms with Gasteiger partial charge in [0.2, 0.25) is 5.91 Å². The first-order chi connectivity index (χ1) is 6.87. The fourth-order valence-corrected chi connectivity index (χ4v) is 1.50. The molecule has 6 heteroatoms. The van der Waals surface area contributed by atoms with E-state index in [0.717, 1.165) is 5.75 Å². The van der Waals surface area contributed by atoms with Gasteiger partial charge >= 0.3 is 0 Å². The summed E-state index contributed by atoms with van der Waals surface area (Å²) in [6.45, 7) is 3.93. The Hall–Kier alpha value is -0.910. The predicted molar refractivity (Wildman–Crippen MR) is 63.2 cm³/mol. The lowest BCUT2D eigenvalue weighted by atomic mass is 9.90. The number of carbonyl (C=O) groups excluding carboxylic acids is 1. The van der Waals surface area contributed by atoms with Gasteiger partial charge in [0.15, 0.2) is 5.84 Å². The van der Waals surface area contributed by atoms with Crippen LogP contribution in [0, 0.1) is 5.41 Å². The first-order valence-electron chi connectivity index (χ1n) is 4.60. The SMILES string of the molecule is CSCCN(C)C(=O)C(C)(C)C(N)=NO. The molecule has 0 saturated heterocycles. The van der Waals surface area contributed by atoms with Crippen molar-refractivity contribution in [3.05, 3.63) is 0 Å². The van der Waals surface area contributed by atoms with Gasteiger partial charge in [-0.3, -0.25) is 4.79 Å². The number of hydrogen-bond acceptors (Lipinski definition) is 4. The standard InChI is InChI=1S/C9H19N3O2S/c1-9(2,7(10)11-14)8(13)12(3)5-6-15-4/h14H,5-6H2,1-4H3,(H2,10,11).